The van der Waals surface area contributed by atoms with E-state index in [4.69, 9.17) is 10.5 Å². The van der Waals surface area contributed by atoms with E-state index in [0.717, 1.165) is 48.3 Å². The number of anilines is 3. The van der Waals surface area contributed by atoms with E-state index in [1.807, 2.05) is 71.8 Å². The molecule has 10 heteroatoms. The van der Waals surface area contributed by atoms with Crippen LogP contribution < -0.4 is 15.4 Å². The third-order valence-electron chi connectivity index (χ3n) is 8.47. The number of benzene rings is 2. The van der Waals surface area contributed by atoms with E-state index in [0.29, 0.717) is 28.2 Å². The van der Waals surface area contributed by atoms with Crippen LogP contribution in [0.25, 0.3) is 11.1 Å². The molecule has 2 aromatic carbocycles. The molecular formula is C34H38N6O3S. The molecule has 2 amide bonds. The van der Waals surface area contributed by atoms with Crippen LogP contribution in [-0.2, 0) is 11.4 Å². The van der Waals surface area contributed by atoms with Crippen molar-refractivity contribution in [1.29, 1.82) is 0 Å². The fourth-order valence-corrected chi connectivity index (χ4v) is 6.87. The molecule has 228 valence electrons. The fraction of sp³-hybridized carbons (Fsp3) is 0.353. The minimum atomic E-state index is -0.119. The second-order valence-corrected chi connectivity index (χ2v) is 12.4. The summed E-state index contributed by atoms with van der Waals surface area (Å²) >= 11 is 1.38. The standard InChI is InChI=1S/C34H38N6O3S/c1-23-5-11-30(12-6-23)40(24(2)41)34-37-28(22-44-34)21-43-31-19-27(20-36-32(31)35)25-7-9-26(10-8-25)33(42)39-17-13-29(14-18-39)38-15-3-4-16-38/h5-12,19-20,22,29H,3-4,13-18,21H2,1-2H3,(H2,35,36). The van der Waals surface area contributed by atoms with Gasteiger partial charge in [0.25, 0.3) is 5.91 Å². The molecule has 0 aliphatic carbocycles. The third kappa shape index (κ3) is 6.61. The number of nitrogens with two attached hydrogens (primary N) is 1. The second-order valence-electron chi connectivity index (χ2n) is 11.6. The quantitative estimate of drug-likeness (QED) is 0.259. The molecule has 2 aliphatic rings. The van der Waals surface area contributed by atoms with Crippen LogP contribution in [0.4, 0.5) is 16.6 Å². The van der Waals surface area contributed by atoms with E-state index >= 15 is 0 Å². The van der Waals surface area contributed by atoms with E-state index in [9.17, 15) is 9.59 Å². The van der Waals surface area contributed by atoms with Gasteiger partial charge in [-0.25, -0.2) is 9.97 Å². The first-order valence-corrected chi connectivity index (χ1v) is 16.1. The number of rotatable bonds is 8. The Morgan fingerprint density at radius 1 is 1.00 bits per heavy atom. The molecule has 0 atom stereocenters. The van der Waals surface area contributed by atoms with Gasteiger partial charge in [-0.3, -0.25) is 14.5 Å². The topological polar surface area (TPSA) is 105 Å². The number of amides is 2. The number of piperidine rings is 1. The van der Waals surface area contributed by atoms with Gasteiger partial charge < -0.3 is 20.3 Å². The van der Waals surface area contributed by atoms with Gasteiger partial charge in [-0.2, -0.15) is 0 Å². The smallest absolute Gasteiger partial charge is 0.253 e. The summed E-state index contributed by atoms with van der Waals surface area (Å²) < 4.78 is 6.04. The number of aromatic nitrogens is 2. The molecule has 0 spiro atoms. The van der Waals surface area contributed by atoms with Crippen LogP contribution in [0, 0.1) is 6.92 Å². The minimum Gasteiger partial charge on any atom is -0.483 e. The molecule has 0 unspecified atom stereocenters. The van der Waals surface area contributed by atoms with Gasteiger partial charge in [-0.1, -0.05) is 29.8 Å². The van der Waals surface area contributed by atoms with Crippen molar-refractivity contribution in [1.82, 2.24) is 19.8 Å². The van der Waals surface area contributed by atoms with Crippen molar-refractivity contribution in [3.05, 3.63) is 83.0 Å². The number of carbonyl (C=O) groups excluding carboxylic acids is 2. The van der Waals surface area contributed by atoms with E-state index in [1.54, 1.807) is 11.1 Å². The van der Waals surface area contributed by atoms with E-state index < -0.39 is 0 Å². The zero-order valence-electron chi connectivity index (χ0n) is 25.2. The summed E-state index contributed by atoms with van der Waals surface area (Å²) in [6, 6.07) is 17.9. The average molecular weight is 611 g/mol. The van der Waals surface area contributed by atoms with Gasteiger partial charge >= 0.3 is 0 Å². The minimum absolute atomic E-state index is 0.0872. The van der Waals surface area contributed by atoms with Gasteiger partial charge in [0.1, 0.15) is 6.61 Å². The monoisotopic (exact) mass is 610 g/mol. The van der Waals surface area contributed by atoms with Crippen LogP contribution in [0.1, 0.15) is 54.2 Å². The van der Waals surface area contributed by atoms with Crippen molar-refractivity contribution in [3.8, 4) is 16.9 Å². The lowest BCUT2D eigenvalue weighted by Gasteiger charge is -2.36. The number of likely N-dealkylation sites (tertiary alicyclic amines) is 2. The van der Waals surface area contributed by atoms with Crippen LogP contribution in [0.5, 0.6) is 5.75 Å². The summed E-state index contributed by atoms with van der Waals surface area (Å²) in [4.78, 5) is 40.8. The van der Waals surface area contributed by atoms with Crippen molar-refractivity contribution in [2.24, 2.45) is 0 Å². The second kappa shape index (κ2) is 13.2. The molecule has 2 N–H and O–H groups in total. The van der Waals surface area contributed by atoms with Gasteiger partial charge in [0.2, 0.25) is 5.91 Å². The Bertz CT molecular complexity index is 1610. The third-order valence-corrected chi connectivity index (χ3v) is 9.34. The van der Waals surface area contributed by atoms with E-state index in [2.05, 4.69) is 14.9 Å². The van der Waals surface area contributed by atoms with Crippen molar-refractivity contribution in [2.45, 2.75) is 52.2 Å². The molecule has 0 saturated carbocycles. The number of hydrogen-bond donors (Lipinski definition) is 1. The van der Waals surface area contributed by atoms with Crippen LogP contribution in [0.3, 0.4) is 0 Å². The Morgan fingerprint density at radius 3 is 2.39 bits per heavy atom. The molecule has 2 fully saturated rings. The summed E-state index contributed by atoms with van der Waals surface area (Å²) in [6.07, 6.45) is 6.40. The van der Waals surface area contributed by atoms with E-state index in [-0.39, 0.29) is 24.2 Å². The number of nitrogens with zero attached hydrogens (tertiary/aromatic N) is 5. The highest BCUT2D eigenvalue weighted by atomic mass is 32.1. The summed E-state index contributed by atoms with van der Waals surface area (Å²) in [5.41, 5.74) is 11.2. The molecule has 6 rings (SSSR count). The molecule has 0 radical (unpaired) electrons. The largest absolute Gasteiger partial charge is 0.483 e. The molecular weight excluding hydrogens is 572 g/mol. The molecule has 2 aliphatic heterocycles. The number of nitrogen functional groups attached to an aromatic ring is 1. The van der Waals surface area contributed by atoms with Crippen molar-refractivity contribution < 1.29 is 14.3 Å². The van der Waals surface area contributed by atoms with Gasteiger partial charge in [0, 0.05) is 48.8 Å². The highest BCUT2D eigenvalue weighted by Crippen LogP contribution is 2.31. The predicted octanol–water partition coefficient (Wildman–Crippen LogP) is 6.06. The SMILES string of the molecule is CC(=O)N(c1ccc(C)cc1)c1nc(COc2cc(-c3ccc(C(=O)N4CCC(N5CCCC5)CC4)cc3)cnc2N)cs1. The maximum absolute atomic E-state index is 13.2. The van der Waals surface area contributed by atoms with Crippen molar-refractivity contribution in [3.63, 3.8) is 0 Å². The molecule has 9 nitrogen and oxygen atoms in total. The maximum Gasteiger partial charge on any atom is 0.253 e. The predicted molar refractivity (Wildman–Crippen MR) is 174 cm³/mol. The number of pyridine rings is 1. The summed E-state index contributed by atoms with van der Waals surface area (Å²) in [6.45, 7) is 7.72. The Hall–Kier alpha value is -4.28. The van der Waals surface area contributed by atoms with Crippen molar-refractivity contribution in [2.75, 3.05) is 36.8 Å². The Kier molecular flexibility index (Phi) is 8.90. The first-order chi connectivity index (χ1) is 21.4. The van der Waals surface area contributed by atoms with Crippen LogP contribution in [0.15, 0.2) is 66.2 Å². The van der Waals surface area contributed by atoms with Gasteiger partial charge in [0.05, 0.1) is 11.4 Å². The molecule has 44 heavy (non-hydrogen) atoms. The van der Waals surface area contributed by atoms with Gasteiger partial charge in [0.15, 0.2) is 16.7 Å². The van der Waals surface area contributed by atoms with Crippen LogP contribution in [0.2, 0.25) is 0 Å². The average Bonchev–Trinajstić information content (AvgIpc) is 3.75. The Morgan fingerprint density at radius 2 is 1.70 bits per heavy atom. The summed E-state index contributed by atoms with van der Waals surface area (Å²) in [7, 11) is 0. The maximum atomic E-state index is 13.2. The number of thiazole rings is 1. The fourth-order valence-electron chi connectivity index (χ4n) is 6.00. The summed E-state index contributed by atoms with van der Waals surface area (Å²) in [5, 5.41) is 2.45. The Labute approximate surface area is 262 Å². The highest BCUT2D eigenvalue weighted by molar-refractivity contribution is 7.14. The number of hydrogen-bond acceptors (Lipinski definition) is 8. The van der Waals surface area contributed by atoms with Gasteiger partial charge in [-0.05, 0) is 81.6 Å². The normalized spacial score (nSPS) is 15.8. The number of ether oxygens (including phenoxy) is 1. The Balaban J connectivity index is 1.08. The lowest BCUT2D eigenvalue weighted by molar-refractivity contribution is -0.115. The van der Waals surface area contributed by atoms with Crippen LogP contribution >= 0.6 is 11.3 Å². The highest BCUT2D eigenvalue weighted by Gasteiger charge is 2.28. The van der Waals surface area contributed by atoms with Crippen LogP contribution in [-0.4, -0.2) is 63.8 Å². The molecule has 0 bridgehead atoms. The molecule has 2 aromatic heterocycles. The number of carbonyl (C=O) groups is 2. The zero-order chi connectivity index (χ0) is 30.6. The first kappa shape index (κ1) is 29.8. The lowest BCUT2D eigenvalue weighted by Crippen LogP contribution is -2.45. The lowest BCUT2D eigenvalue weighted by atomic mass is 10.0. The molecule has 2 saturated heterocycles. The zero-order valence-corrected chi connectivity index (χ0v) is 26.1. The van der Waals surface area contributed by atoms with Crippen molar-refractivity contribution >= 4 is 39.8 Å². The summed E-state index contributed by atoms with van der Waals surface area (Å²) in [5.74, 6) is 0.689. The first-order valence-electron chi connectivity index (χ1n) is 15.2. The number of aryl methyl sites for hydroxylation is 1. The van der Waals surface area contributed by atoms with E-state index in [1.165, 1.54) is 44.2 Å². The molecule has 4 heterocycles. The van der Waals surface area contributed by atoms with Gasteiger partial charge in [-0.15, -0.1) is 11.3 Å². The molecule has 4 aromatic rings.